The molecule has 4 aromatic rings. The summed E-state index contributed by atoms with van der Waals surface area (Å²) in [6.07, 6.45) is 6.22. The number of carbonyl (C=O) groups is 1. The maximum absolute atomic E-state index is 13.2. The lowest BCUT2D eigenvalue weighted by Crippen LogP contribution is -2.27. The molecular weight excluding hydrogens is 364 g/mol. The van der Waals surface area contributed by atoms with Gasteiger partial charge in [0.1, 0.15) is 0 Å². The topological polar surface area (TPSA) is 72.9 Å². The van der Waals surface area contributed by atoms with Gasteiger partial charge in [-0.15, -0.1) is 0 Å². The van der Waals surface area contributed by atoms with E-state index < -0.39 is 0 Å². The Bertz CT molecular complexity index is 1190. The van der Waals surface area contributed by atoms with E-state index in [9.17, 15) is 4.79 Å². The average molecular weight is 386 g/mol. The molecule has 1 fully saturated rings. The molecule has 3 aromatic heterocycles. The number of hydrogen-bond acceptors (Lipinski definition) is 4. The van der Waals surface area contributed by atoms with E-state index >= 15 is 0 Å². The Balaban J connectivity index is 1.45. The first kappa shape index (κ1) is 17.7. The quantitative estimate of drug-likeness (QED) is 0.540. The van der Waals surface area contributed by atoms with Crippen LogP contribution in [0, 0.1) is 6.92 Å². The predicted molar refractivity (Wildman–Crippen MR) is 110 cm³/mol. The summed E-state index contributed by atoms with van der Waals surface area (Å²) in [5, 5.41) is 7.85. The maximum Gasteiger partial charge on any atom is 0.259 e. The molecule has 0 aliphatic heterocycles. The second-order valence-corrected chi connectivity index (χ2v) is 7.70. The smallest absolute Gasteiger partial charge is 0.259 e. The van der Waals surface area contributed by atoms with Gasteiger partial charge in [-0.25, -0.2) is 4.98 Å². The summed E-state index contributed by atoms with van der Waals surface area (Å²) >= 11 is 0. The molecule has 1 aromatic carbocycles. The molecule has 1 N–H and O–H groups in total. The van der Waals surface area contributed by atoms with Crippen LogP contribution in [0.25, 0.3) is 16.8 Å². The first-order valence-corrected chi connectivity index (χ1v) is 9.91. The number of benzene rings is 1. The first-order valence-electron chi connectivity index (χ1n) is 9.91. The summed E-state index contributed by atoms with van der Waals surface area (Å²) in [6.45, 7) is 3.83. The Morgan fingerprint density at radius 3 is 2.76 bits per heavy atom. The Morgan fingerprint density at radius 2 is 2.00 bits per heavy atom. The average Bonchev–Trinajstić information content (AvgIpc) is 3.31. The summed E-state index contributed by atoms with van der Waals surface area (Å²) < 4.78 is 7.41. The van der Waals surface area contributed by atoms with Crippen LogP contribution >= 0.6 is 0 Å². The molecule has 1 aliphatic rings. The fourth-order valence-corrected chi connectivity index (χ4v) is 3.70. The van der Waals surface area contributed by atoms with Crippen molar-refractivity contribution in [3.63, 3.8) is 0 Å². The van der Waals surface area contributed by atoms with Crippen LogP contribution in [0.2, 0.25) is 0 Å². The molecule has 0 spiro atoms. The largest absolute Gasteiger partial charge is 0.345 e. The third-order valence-electron chi connectivity index (χ3n) is 5.50. The molecule has 1 unspecified atom stereocenters. The number of hydrogen-bond donors (Lipinski definition) is 1. The minimum Gasteiger partial charge on any atom is -0.345 e. The van der Waals surface area contributed by atoms with Gasteiger partial charge < -0.3 is 14.4 Å². The standard InChI is InChI=1S/C23H22N4O2/c1-14(17-6-5-7-18(12-17)27-10-3-4-11-27)24-22(28)19-13-20(16-8-9-16)25-23-21(19)15(2)26-29-23/h3-7,10-14,16H,8-9H2,1-2H3,(H,24,28). The zero-order valence-electron chi connectivity index (χ0n) is 16.4. The molecule has 6 nitrogen and oxygen atoms in total. The molecule has 1 aliphatic carbocycles. The van der Waals surface area contributed by atoms with E-state index in [1.807, 2.05) is 67.2 Å². The van der Waals surface area contributed by atoms with Crippen molar-refractivity contribution < 1.29 is 9.32 Å². The van der Waals surface area contributed by atoms with E-state index in [1.165, 1.54) is 0 Å². The fourth-order valence-electron chi connectivity index (χ4n) is 3.70. The van der Waals surface area contributed by atoms with Crippen molar-refractivity contribution in [3.05, 3.63) is 77.4 Å². The van der Waals surface area contributed by atoms with Crippen LogP contribution in [0.15, 0.2) is 59.4 Å². The normalized spacial score (nSPS) is 14.8. The van der Waals surface area contributed by atoms with Crippen molar-refractivity contribution in [2.45, 2.75) is 38.6 Å². The minimum absolute atomic E-state index is 0.135. The van der Waals surface area contributed by atoms with Gasteiger partial charge in [0.05, 0.1) is 22.7 Å². The van der Waals surface area contributed by atoms with Gasteiger partial charge in [0.15, 0.2) is 0 Å². The van der Waals surface area contributed by atoms with E-state index in [1.54, 1.807) is 0 Å². The lowest BCUT2D eigenvalue weighted by atomic mass is 10.0. The molecule has 1 amide bonds. The fraction of sp³-hybridized carbons (Fsp3) is 0.261. The Labute approximate surface area is 168 Å². The second-order valence-electron chi connectivity index (χ2n) is 7.70. The molecule has 1 saturated carbocycles. The lowest BCUT2D eigenvalue weighted by molar-refractivity contribution is 0.0941. The summed E-state index contributed by atoms with van der Waals surface area (Å²) in [5.41, 5.74) is 4.73. The van der Waals surface area contributed by atoms with Gasteiger partial charge in [-0.1, -0.05) is 17.3 Å². The van der Waals surface area contributed by atoms with Crippen LogP contribution in [0.5, 0.6) is 0 Å². The summed E-state index contributed by atoms with van der Waals surface area (Å²) in [4.78, 5) is 17.8. The Kier molecular flexibility index (Phi) is 4.19. The van der Waals surface area contributed by atoms with Gasteiger partial charge in [0, 0.05) is 29.7 Å². The van der Waals surface area contributed by atoms with Crippen molar-refractivity contribution in [2.75, 3.05) is 0 Å². The number of carbonyl (C=O) groups excluding carboxylic acids is 1. The number of nitrogens with zero attached hydrogens (tertiary/aromatic N) is 3. The zero-order valence-corrected chi connectivity index (χ0v) is 16.4. The lowest BCUT2D eigenvalue weighted by Gasteiger charge is -2.16. The third kappa shape index (κ3) is 3.31. The second kappa shape index (κ2) is 6.88. The maximum atomic E-state index is 13.2. The molecule has 3 heterocycles. The number of pyridine rings is 1. The number of amides is 1. The predicted octanol–water partition coefficient (Wildman–Crippen LogP) is 4.69. The van der Waals surface area contributed by atoms with Crippen molar-refractivity contribution in [1.29, 1.82) is 0 Å². The van der Waals surface area contributed by atoms with Crippen molar-refractivity contribution in [3.8, 4) is 5.69 Å². The third-order valence-corrected chi connectivity index (χ3v) is 5.50. The van der Waals surface area contributed by atoms with Crippen LogP contribution in [0.1, 0.15) is 59.0 Å². The molecule has 0 radical (unpaired) electrons. The molecule has 29 heavy (non-hydrogen) atoms. The van der Waals surface area contributed by atoms with Crippen LogP contribution in [0.4, 0.5) is 0 Å². The van der Waals surface area contributed by atoms with E-state index in [2.05, 4.69) is 21.5 Å². The number of aromatic nitrogens is 3. The highest BCUT2D eigenvalue weighted by atomic mass is 16.5. The van der Waals surface area contributed by atoms with Crippen molar-refractivity contribution >= 4 is 17.0 Å². The molecule has 146 valence electrons. The first-order chi connectivity index (χ1) is 14.1. The monoisotopic (exact) mass is 386 g/mol. The molecule has 0 bridgehead atoms. The SMILES string of the molecule is Cc1noc2nc(C3CC3)cc(C(=O)NC(C)c3cccc(-n4cccc4)c3)c12. The highest BCUT2D eigenvalue weighted by Crippen LogP contribution is 2.40. The van der Waals surface area contributed by atoms with Gasteiger partial charge in [-0.2, -0.15) is 0 Å². The van der Waals surface area contributed by atoms with Crippen LogP contribution < -0.4 is 5.32 Å². The van der Waals surface area contributed by atoms with Gasteiger partial charge in [-0.3, -0.25) is 4.79 Å². The summed E-state index contributed by atoms with van der Waals surface area (Å²) in [6, 6.07) is 13.9. The molecular formula is C23H22N4O2. The van der Waals surface area contributed by atoms with Gasteiger partial charge >= 0.3 is 0 Å². The summed E-state index contributed by atoms with van der Waals surface area (Å²) in [5.74, 6) is 0.288. The summed E-state index contributed by atoms with van der Waals surface area (Å²) in [7, 11) is 0. The van der Waals surface area contributed by atoms with Crippen molar-refractivity contribution in [2.24, 2.45) is 0 Å². The van der Waals surface area contributed by atoms with Crippen LogP contribution in [0.3, 0.4) is 0 Å². The van der Waals surface area contributed by atoms with Crippen LogP contribution in [-0.2, 0) is 0 Å². The Morgan fingerprint density at radius 1 is 1.21 bits per heavy atom. The van der Waals surface area contributed by atoms with Gasteiger partial charge in [0.2, 0.25) is 0 Å². The number of aryl methyl sites for hydroxylation is 1. The molecule has 0 saturated heterocycles. The van der Waals surface area contributed by atoms with E-state index in [4.69, 9.17) is 4.52 Å². The molecule has 6 heteroatoms. The van der Waals surface area contributed by atoms with E-state index in [-0.39, 0.29) is 11.9 Å². The van der Waals surface area contributed by atoms with Crippen molar-refractivity contribution in [1.82, 2.24) is 20.0 Å². The van der Waals surface area contributed by atoms with Gasteiger partial charge in [0.25, 0.3) is 11.6 Å². The van der Waals surface area contributed by atoms with E-state index in [0.717, 1.165) is 29.8 Å². The van der Waals surface area contributed by atoms with Gasteiger partial charge in [-0.05, 0) is 62.6 Å². The Hall–Kier alpha value is -3.41. The number of nitrogens with one attached hydrogen (secondary N) is 1. The zero-order chi connectivity index (χ0) is 20.0. The molecule has 1 atom stereocenters. The molecule has 5 rings (SSSR count). The highest BCUT2D eigenvalue weighted by Gasteiger charge is 2.29. The minimum atomic E-state index is -0.147. The highest BCUT2D eigenvalue weighted by molar-refractivity contribution is 6.06. The van der Waals surface area contributed by atoms with E-state index in [0.29, 0.717) is 28.3 Å². The number of fused-ring (bicyclic) bond motifs is 1. The van der Waals surface area contributed by atoms with Crippen LogP contribution in [-0.4, -0.2) is 20.6 Å². The number of rotatable bonds is 5.